The number of benzene rings is 1. The van der Waals surface area contributed by atoms with Crippen molar-refractivity contribution in [1.82, 2.24) is 10.0 Å². The molecule has 0 saturated carbocycles. The monoisotopic (exact) mass is 309 g/mol. The van der Waals surface area contributed by atoms with E-state index in [0.29, 0.717) is 11.1 Å². The molecule has 2 N–H and O–H groups in total. The Hall–Kier alpha value is -1.91. The average Bonchev–Trinajstić information content (AvgIpc) is 2.45. The van der Waals surface area contributed by atoms with Gasteiger partial charge in [0.25, 0.3) is 5.91 Å². The summed E-state index contributed by atoms with van der Waals surface area (Å²) in [6, 6.07) is 7.85. The summed E-state index contributed by atoms with van der Waals surface area (Å²) in [5.41, 5.74) is 0.900. The van der Waals surface area contributed by atoms with Gasteiger partial charge in [-0.15, -0.1) is 0 Å². The Morgan fingerprint density at radius 3 is 2.29 bits per heavy atom. The smallest absolute Gasteiger partial charge is 0.251 e. The third-order valence-electron chi connectivity index (χ3n) is 2.86. The molecule has 1 atom stereocenters. The lowest BCUT2D eigenvalue weighted by Gasteiger charge is -2.16. The van der Waals surface area contributed by atoms with Gasteiger partial charge in [0, 0.05) is 18.2 Å². The molecule has 0 radical (unpaired) electrons. The van der Waals surface area contributed by atoms with E-state index in [9.17, 15) is 13.2 Å². The van der Waals surface area contributed by atoms with Crippen LogP contribution < -0.4 is 10.0 Å². The SMILES string of the molecule is CC(CNS(=O)(=O)C(C)C)NC(=O)c1ccc(C#N)cc1. The second-order valence-corrected chi connectivity index (χ2v) is 7.33. The maximum atomic E-state index is 11.9. The molecule has 0 fully saturated rings. The molecule has 1 aromatic rings. The number of hydrogen-bond donors (Lipinski definition) is 2. The molecular weight excluding hydrogens is 290 g/mol. The fourth-order valence-corrected chi connectivity index (χ4v) is 2.28. The minimum absolute atomic E-state index is 0.128. The van der Waals surface area contributed by atoms with Gasteiger partial charge in [0.15, 0.2) is 0 Å². The quantitative estimate of drug-likeness (QED) is 0.819. The summed E-state index contributed by atoms with van der Waals surface area (Å²) < 4.78 is 25.7. The van der Waals surface area contributed by atoms with Crippen molar-refractivity contribution >= 4 is 15.9 Å². The van der Waals surface area contributed by atoms with Crippen LogP contribution in [0, 0.1) is 11.3 Å². The van der Waals surface area contributed by atoms with Crippen molar-refractivity contribution in [2.24, 2.45) is 0 Å². The van der Waals surface area contributed by atoms with Gasteiger partial charge in [0.05, 0.1) is 16.9 Å². The van der Waals surface area contributed by atoms with Gasteiger partial charge in [-0.05, 0) is 45.0 Å². The summed E-state index contributed by atoms with van der Waals surface area (Å²) in [5.74, 6) is -0.310. The molecule has 7 heteroatoms. The van der Waals surface area contributed by atoms with Crippen LogP contribution in [0.25, 0.3) is 0 Å². The Labute approximate surface area is 125 Å². The van der Waals surface area contributed by atoms with Gasteiger partial charge >= 0.3 is 0 Å². The van der Waals surface area contributed by atoms with Crippen LogP contribution in [0.3, 0.4) is 0 Å². The molecule has 1 unspecified atom stereocenters. The highest BCUT2D eigenvalue weighted by molar-refractivity contribution is 7.90. The first kappa shape index (κ1) is 17.1. The van der Waals surface area contributed by atoms with Crippen LogP contribution in [-0.2, 0) is 10.0 Å². The molecule has 0 aromatic heterocycles. The number of rotatable bonds is 6. The Bertz CT molecular complexity index is 630. The zero-order valence-electron chi connectivity index (χ0n) is 12.3. The Balaban J connectivity index is 2.56. The van der Waals surface area contributed by atoms with Crippen molar-refractivity contribution in [1.29, 1.82) is 5.26 Å². The van der Waals surface area contributed by atoms with Crippen molar-refractivity contribution in [3.8, 4) is 6.07 Å². The maximum Gasteiger partial charge on any atom is 0.251 e. The number of carbonyl (C=O) groups is 1. The summed E-state index contributed by atoms with van der Waals surface area (Å²) in [7, 11) is -3.34. The van der Waals surface area contributed by atoms with Crippen molar-refractivity contribution in [2.45, 2.75) is 32.1 Å². The van der Waals surface area contributed by atoms with Gasteiger partial charge < -0.3 is 5.32 Å². The van der Waals surface area contributed by atoms with Crippen LogP contribution in [0.5, 0.6) is 0 Å². The average molecular weight is 309 g/mol. The molecule has 1 aromatic carbocycles. The highest BCUT2D eigenvalue weighted by Gasteiger charge is 2.17. The van der Waals surface area contributed by atoms with Crippen molar-refractivity contribution < 1.29 is 13.2 Å². The zero-order valence-corrected chi connectivity index (χ0v) is 13.1. The predicted octanol–water partition coefficient (Wildman–Crippen LogP) is 1.00. The maximum absolute atomic E-state index is 11.9. The first-order chi connectivity index (χ1) is 9.76. The standard InChI is InChI=1S/C14H19N3O3S/c1-10(2)21(19,20)16-9-11(3)17-14(18)13-6-4-12(8-15)5-7-13/h4-7,10-11,16H,9H2,1-3H3,(H,17,18). The fourth-order valence-electron chi connectivity index (χ4n) is 1.46. The molecule has 1 amide bonds. The molecule has 0 spiro atoms. The van der Waals surface area contributed by atoms with Gasteiger partial charge in [0.1, 0.15) is 0 Å². The van der Waals surface area contributed by atoms with E-state index >= 15 is 0 Å². The summed E-state index contributed by atoms with van der Waals surface area (Å²) >= 11 is 0. The number of sulfonamides is 1. The molecule has 114 valence electrons. The molecule has 0 aliphatic rings. The van der Waals surface area contributed by atoms with Gasteiger partial charge in [-0.3, -0.25) is 4.79 Å². The molecule has 0 aliphatic heterocycles. The first-order valence-corrected chi connectivity index (χ1v) is 8.10. The molecule has 6 nitrogen and oxygen atoms in total. The van der Waals surface area contributed by atoms with Crippen molar-refractivity contribution in [2.75, 3.05) is 6.54 Å². The second kappa shape index (κ2) is 7.20. The van der Waals surface area contributed by atoms with Gasteiger partial charge in [-0.1, -0.05) is 0 Å². The number of amides is 1. The number of nitrogens with one attached hydrogen (secondary N) is 2. The van der Waals surface area contributed by atoms with E-state index in [1.54, 1.807) is 45.0 Å². The van der Waals surface area contributed by atoms with Crippen LogP contribution in [0.2, 0.25) is 0 Å². The van der Waals surface area contributed by atoms with E-state index < -0.39 is 15.3 Å². The lowest BCUT2D eigenvalue weighted by Crippen LogP contribution is -2.43. The summed E-state index contributed by atoms with van der Waals surface area (Å²) in [5, 5.41) is 10.9. The van der Waals surface area contributed by atoms with Crippen LogP contribution >= 0.6 is 0 Å². The van der Waals surface area contributed by atoms with Gasteiger partial charge in [0.2, 0.25) is 10.0 Å². The molecular formula is C14H19N3O3S. The lowest BCUT2D eigenvalue weighted by atomic mass is 10.1. The predicted molar refractivity (Wildman–Crippen MR) is 80.1 cm³/mol. The molecule has 0 aliphatic carbocycles. The van der Waals surface area contributed by atoms with E-state index in [-0.39, 0.29) is 18.5 Å². The Morgan fingerprint density at radius 2 is 1.81 bits per heavy atom. The normalized spacial score (nSPS) is 12.7. The molecule has 1 rings (SSSR count). The zero-order chi connectivity index (χ0) is 16.0. The van der Waals surface area contributed by atoms with E-state index in [4.69, 9.17) is 5.26 Å². The number of nitrogens with zero attached hydrogens (tertiary/aromatic N) is 1. The van der Waals surface area contributed by atoms with Crippen molar-refractivity contribution in [3.05, 3.63) is 35.4 Å². The first-order valence-electron chi connectivity index (χ1n) is 6.55. The number of nitriles is 1. The third kappa shape index (κ3) is 5.17. The minimum Gasteiger partial charge on any atom is -0.348 e. The highest BCUT2D eigenvalue weighted by atomic mass is 32.2. The van der Waals surface area contributed by atoms with E-state index in [1.165, 1.54) is 0 Å². The summed E-state index contributed by atoms with van der Waals surface area (Å²) in [4.78, 5) is 11.9. The molecule has 21 heavy (non-hydrogen) atoms. The van der Waals surface area contributed by atoms with Crippen LogP contribution in [0.15, 0.2) is 24.3 Å². The van der Waals surface area contributed by atoms with Crippen LogP contribution in [0.1, 0.15) is 36.7 Å². The highest BCUT2D eigenvalue weighted by Crippen LogP contribution is 2.03. The van der Waals surface area contributed by atoms with E-state index in [2.05, 4.69) is 10.0 Å². The topological polar surface area (TPSA) is 99.1 Å². The third-order valence-corrected chi connectivity index (χ3v) is 4.68. The molecule has 0 saturated heterocycles. The second-order valence-electron chi connectivity index (χ2n) is 5.01. The molecule has 0 bridgehead atoms. The molecule has 0 heterocycles. The van der Waals surface area contributed by atoms with Crippen LogP contribution in [0.4, 0.5) is 0 Å². The lowest BCUT2D eigenvalue weighted by molar-refractivity contribution is 0.0940. The Kier molecular flexibility index (Phi) is 5.88. The van der Waals surface area contributed by atoms with Gasteiger partial charge in [-0.2, -0.15) is 5.26 Å². The summed E-state index contributed by atoms with van der Waals surface area (Å²) in [6.07, 6.45) is 0. The van der Waals surface area contributed by atoms with E-state index in [0.717, 1.165) is 0 Å². The fraction of sp³-hybridized carbons (Fsp3) is 0.429. The minimum atomic E-state index is -3.34. The van der Waals surface area contributed by atoms with Gasteiger partial charge in [-0.25, -0.2) is 13.1 Å². The van der Waals surface area contributed by atoms with Crippen molar-refractivity contribution in [3.63, 3.8) is 0 Å². The largest absolute Gasteiger partial charge is 0.348 e. The Morgan fingerprint density at radius 1 is 1.24 bits per heavy atom. The van der Waals surface area contributed by atoms with Crippen LogP contribution in [-0.4, -0.2) is 32.2 Å². The summed E-state index contributed by atoms with van der Waals surface area (Å²) in [6.45, 7) is 5.01. The van der Waals surface area contributed by atoms with E-state index in [1.807, 2.05) is 6.07 Å². The number of carbonyl (C=O) groups excluding carboxylic acids is 1. The number of hydrogen-bond acceptors (Lipinski definition) is 4.